The Morgan fingerprint density at radius 2 is 2.23 bits per heavy atom. The van der Waals surface area contributed by atoms with Crippen LogP contribution in [0.3, 0.4) is 0 Å². The molecule has 0 amide bonds. The molecule has 13 heavy (non-hydrogen) atoms. The Bertz CT molecular complexity index is 178. The summed E-state index contributed by atoms with van der Waals surface area (Å²) in [5, 5.41) is 18.7. The Morgan fingerprint density at radius 3 is 2.62 bits per heavy atom. The van der Waals surface area contributed by atoms with E-state index in [0.29, 0.717) is 6.42 Å². The quantitative estimate of drug-likeness (QED) is 0.671. The van der Waals surface area contributed by atoms with Crippen LogP contribution in [-0.4, -0.2) is 23.2 Å². The molecule has 0 radical (unpaired) electrons. The molecule has 0 aromatic heterocycles. The van der Waals surface area contributed by atoms with Gasteiger partial charge in [-0.05, 0) is 38.2 Å². The van der Waals surface area contributed by atoms with Crippen LogP contribution in [-0.2, 0) is 0 Å². The fraction of sp³-hybridized carbons (Fsp3) is 0.900. The molecule has 2 unspecified atom stereocenters. The molecule has 0 bridgehead atoms. The van der Waals surface area contributed by atoms with Gasteiger partial charge in [-0.25, -0.2) is 0 Å². The molecular formula is C10H19NOS. The van der Waals surface area contributed by atoms with E-state index in [2.05, 4.69) is 12.3 Å². The molecule has 2 nitrogen and oxygen atoms in total. The lowest BCUT2D eigenvalue weighted by molar-refractivity contribution is 0.0644. The number of hydrogen-bond acceptors (Lipinski definition) is 3. The predicted octanol–water partition coefficient (Wildman–Crippen LogP) is 2.43. The van der Waals surface area contributed by atoms with Gasteiger partial charge in [-0.15, -0.1) is 0 Å². The van der Waals surface area contributed by atoms with Gasteiger partial charge in [-0.1, -0.05) is 6.92 Å². The summed E-state index contributed by atoms with van der Waals surface area (Å²) in [4.78, 5) is 0. The van der Waals surface area contributed by atoms with E-state index in [0.717, 1.165) is 18.6 Å². The molecule has 0 heterocycles. The van der Waals surface area contributed by atoms with Crippen LogP contribution in [0, 0.1) is 16.7 Å². The second kappa shape index (κ2) is 6.28. The van der Waals surface area contributed by atoms with Gasteiger partial charge in [-0.3, -0.25) is 0 Å². The maximum absolute atomic E-state index is 9.76. The minimum absolute atomic E-state index is 0.477. The monoisotopic (exact) mass is 201 g/mol. The number of thioether (sulfide) groups is 1. The summed E-state index contributed by atoms with van der Waals surface area (Å²) in [6, 6.07) is 2.20. The predicted molar refractivity (Wildman–Crippen MR) is 57.6 cm³/mol. The van der Waals surface area contributed by atoms with Crippen LogP contribution in [0.1, 0.15) is 33.1 Å². The molecule has 0 aromatic rings. The first-order chi connectivity index (χ1) is 6.10. The normalized spacial score (nSPS) is 17.5. The lowest BCUT2D eigenvalue weighted by Crippen LogP contribution is -2.30. The third kappa shape index (κ3) is 4.02. The molecular weight excluding hydrogens is 182 g/mol. The van der Waals surface area contributed by atoms with Crippen molar-refractivity contribution in [3.05, 3.63) is 0 Å². The molecule has 0 rings (SSSR count). The van der Waals surface area contributed by atoms with Gasteiger partial charge in [0.15, 0.2) is 0 Å². The molecule has 0 saturated carbocycles. The maximum atomic E-state index is 9.76. The van der Waals surface area contributed by atoms with E-state index in [1.54, 1.807) is 11.8 Å². The molecule has 0 aromatic carbocycles. The van der Waals surface area contributed by atoms with Crippen LogP contribution in [0.4, 0.5) is 0 Å². The number of hydrogen-bond donors (Lipinski definition) is 1. The highest BCUT2D eigenvalue weighted by atomic mass is 32.2. The van der Waals surface area contributed by atoms with Crippen molar-refractivity contribution >= 4 is 11.8 Å². The van der Waals surface area contributed by atoms with E-state index in [9.17, 15) is 5.11 Å². The van der Waals surface area contributed by atoms with E-state index in [4.69, 9.17) is 5.26 Å². The van der Waals surface area contributed by atoms with Gasteiger partial charge in [0, 0.05) is 0 Å². The van der Waals surface area contributed by atoms with E-state index < -0.39 is 11.5 Å². The van der Waals surface area contributed by atoms with Crippen LogP contribution >= 0.6 is 11.8 Å². The zero-order chi connectivity index (χ0) is 10.3. The van der Waals surface area contributed by atoms with E-state index in [1.165, 1.54) is 0 Å². The third-order valence-electron chi connectivity index (χ3n) is 2.55. The molecule has 1 N–H and O–H groups in total. The molecule has 0 aliphatic heterocycles. The van der Waals surface area contributed by atoms with Crippen LogP contribution in [0.2, 0.25) is 0 Å². The Morgan fingerprint density at radius 1 is 1.62 bits per heavy atom. The highest BCUT2D eigenvalue weighted by Crippen LogP contribution is 2.27. The summed E-state index contributed by atoms with van der Waals surface area (Å²) in [5.41, 5.74) is -0.557. The van der Waals surface area contributed by atoms with E-state index in [-0.39, 0.29) is 0 Å². The van der Waals surface area contributed by atoms with Crippen molar-refractivity contribution < 1.29 is 5.11 Å². The number of aliphatic hydroxyl groups is 1. The highest BCUT2D eigenvalue weighted by Gasteiger charge is 2.30. The molecule has 0 aliphatic rings. The van der Waals surface area contributed by atoms with E-state index in [1.807, 2.05) is 13.8 Å². The van der Waals surface area contributed by atoms with Gasteiger partial charge >= 0.3 is 0 Å². The summed E-state index contributed by atoms with van der Waals surface area (Å²) < 4.78 is 0. The van der Waals surface area contributed by atoms with Gasteiger partial charge < -0.3 is 5.11 Å². The number of nitrogens with zero attached hydrogens (tertiary/aromatic N) is 1. The van der Waals surface area contributed by atoms with Crippen LogP contribution < -0.4 is 0 Å². The first-order valence-corrected chi connectivity index (χ1v) is 6.08. The van der Waals surface area contributed by atoms with Gasteiger partial charge in [0.2, 0.25) is 0 Å². The van der Waals surface area contributed by atoms with Crippen LogP contribution in [0.15, 0.2) is 0 Å². The average molecular weight is 201 g/mol. The standard InChI is InChI=1S/C10H19NOS/c1-4-10(2,8-11)9(12)6-5-7-13-3/h9,12H,4-7H2,1-3H3. The number of aliphatic hydroxyl groups excluding tert-OH is 1. The Kier molecular flexibility index (Phi) is 6.19. The van der Waals surface area contributed by atoms with Crippen molar-refractivity contribution in [2.24, 2.45) is 5.41 Å². The van der Waals surface area contributed by atoms with Crippen LogP contribution in [0.25, 0.3) is 0 Å². The molecule has 0 aliphatic carbocycles. The van der Waals surface area contributed by atoms with Crippen molar-refractivity contribution in [3.63, 3.8) is 0 Å². The molecule has 0 fully saturated rings. The molecule has 76 valence electrons. The largest absolute Gasteiger partial charge is 0.391 e. The molecule has 2 atom stereocenters. The minimum atomic E-state index is -0.557. The fourth-order valence-corrected chi connectivity index (χ4v) is 1.58. The average Bonchev–Trinajstić information content (AvgIpc) is 2.17. The third-order valence-corrected chi connectivity index (χ3v) is 3.25. The van der Waals surface area contributed by atoms with Gasteiger partial charge in [0.05, 0.1) is 17.6 Å². The van der Waals surface area contributed by atoms with Crippen molar-refractivity contribution in [1.29, 1.82) is 5.26 Å². The van der Waals surface area contributed by atoms with Crippen molar-refractivity contribution in [2.75, 3.05) is 12.0 Å². The summed E-state index contributed by atoms with van der Waals surface area (Å²) >= 11 is 1.78. The van der Waals surface area contributed by atoms with Crippen LogP contribution in [0.5, 0.6) is 0 Å². The first-order valence-electron chi connectivity index (χ1n) is 4.69. The molecule has 0 spiro atoms. The number of nitriles is 1. The lowest BCUT2D eigenvalue weighted by Gasteiger charge is -2.25. The summed E-state index contributed by atoms with van der Waals surface area (Å²) in [5.74, 6) is 1.06. The maximum Gasteiger partial charge on any atom is 0.0801 e. The summed E-state index contributed by atoms with van der Waals surface area (Å²) in [6.45, 7) is 3.78. The van der Waals surface area contributed by atoms with Crippen molar-refractivity contribution in [3.8, 4) is 6.07 Å². The second-order valence-electron chi connectivity index (χ2n) is 3.53. The van der Waals surface area contributed by atoms with E-state index >= 15 is 0 Å². The summed E-state index contributed by atoms with van der Waals surface area (Å²) in [7, 11) is 0. The van der Waals surface area contributed by atoms with Gasteiger partial charge in [0.25, 0.3) is 0 Å². The fourth-order valence-electron chi connectivity index (χ4n) is 1.13. The SMILES string of the molecule is CCC(C)(C#N)C(O)CCCSC. The zero-order valence-corrected chi connectivity index (χ0v) is 9.52. The first kappa shape index (κ1) is 12.8. The molecule has 0 saturated heterocycles. The topological polar surface area (TPSA) is 44.0 Å². The number of rotatable bonds is 6. The van der Waals surface area contributed by atoms with Crippen molar-refractivity contribution in [2.45, 2.75) is 39.2 Å². The zero-order valence-electron chi connectivity index (χ0n) is 8.71. The minimum Gasteiger partial charge on any atom is -0.391 e. The highest BCUT2D eigenvalue weighted by molar-refractivity contribution is 7.98. The summed E-state index contributed by atoms with van der Waals surface area (Å²) in [6.07, 6.45) is 4.01. The Hall–Kier alpha value is -0.200. The Labute approximate surface area is 85.3 Å². The lowest BCUT2D eigenvalue weighted by atomic mass is 9.81. The molecule has 3 heteroatoms. The van der Waals surface area contributed by atoms with Gasteiger partial charge in [-0.2, -0.15) is 17.0 Å². The smallest absolute Gasteiger partial charge is 0.0801 e. The second-order valence-corrected chi connectivity index (χ2v) is 4.52. The Balaban J connectivity index is 3.94. The van der Waals surface area contributed by atoms with Gasteiger partial charge in [0.1, 0.15) is 0 Å². The van der Waals surface area contributed by atoms with Crippen molar-refractivity contribution in [1.82, 2.24) is 0 Å².